The van der Waals surface area contributed by atoms with E-state index in [1.54, 1.807) is 6.92 Å². The van der Waals surface area contributed by atoms with Crippen molar-refractivity contribution >= 4 is 27.7 Å². The summed E-state index contributed by atoms with van der Waals surface area (Å²) in [4.78, 5) is 10.6. The van der Waals surface area contributed by atoms with Crippen LogP contribution in [0.4, 0.5) is 5.82 Å². The van der Waals surface area contributed by atoms with Gasteiger partial charge in [0.1, 0.15) is 10.2 Å². The number of hydrogen-bond acceptors (Lipinski definition) is 3. The predicted molar refractivity (Wildman–Crippen MR) is 43.2 cm³/mol. The highest BCUT2D eigenvalue weighted by atomic mass is 79.9. The Hall–Kier alpha value is -0.840. The van der Waals surface area contributed by atoms with Gasteiger partial charge in [-0.3, -0.25) is 4.79 Å². The number of halogens is 1. The lowest BCUT2D eigenvalue weighted by Gasteiger charge is -1.93. The molecule has 11 heavy (non-hydrogen) atoms. The average molecular weight is 219 g/mol. The van der Waals surface area contributed by atoms with Crippen molar-refractivity contribution in [3.05, 3.63) is 10.2 Å². The summed E-state index contributed by atoms with van der Waals surface area (Å²) >= 11 is 3.21. The first-order valence-electron chi connectivity index (χ1n) is 3.00. The molecule has 0 saturated carbocycles. The van der Waals surface area contributed by atoms with Gasteiger partial charge in [-0.25, -0.2) is 0 Å². The fourth-order valence-electron chi connectivity index (χ4n) is 0.605. The van der Waals surface area contributed by atoms with Crippen LogP contribution in [0.2, 0.25) is 0 Å². The normalized spacial score (nSPS) is 9.73. The molecule has 0 aliphatic heterocycles. The van der Waals surface area contributed by atoms with Crippen molar-refractivity contribution in [1.29, 1.82) is 0 Å². The van der Waals surface area contributed by atoms with Gasteiger partial charge in [0.2, 0.25) is 5.91 Å². The molecule has 1 rings (SSSR count). The first-order valence-corrected chi connectivity index (χ1v) is 3.80. The zero-order chi connectivity index (χ0) is 8.43. The largest absolute Gasteiger partial charge is 0.358 e. The van der Waals surface area contributed by atoms with E-state index in [0.717, 1.165) is 0 Å². The minimum absolute atomic E-state index is 0.168. The minimum Gasteiger partial charge on any atom is -0.358 e. The van der Waals surface area contributed by atoms with Crippen molar-refractivity contribution in [1.82, 2.24) is 5.16 Å². The quantitative estimate of drug-likeness (QED) is 0.781. The van der Waals surface area contributed by atoms with Crippen LogP contribution in [0, 0.1) is 6.92 Å². The molecule has 1 aromatic heterocycles. The SMILES string of the molecule is CC(=O)Nc1noc(C)c1Br. The zero-order valence-electron chi connectivity index (χ0n) is 6.14. The Bertz CT molecular complexity index is 282. The second-order valence-corrected chi connectivity index (χ2v) is 2.88. The van der Waals surface area contributed by atoms with Crippen LogP contribution in [0.1, 0.15) is 12.7 Å². The van der Waals surface area contributed by atoms with Crippen LogP contribution in [0.3, 0.4) is 0 Å². The van der Waals surface area contributed by atoms with Crippen molar-refractivity contribution in [2.45, 2.75) is 13.8 Å². The molecule has 0 fully saturated rings. The first-order chi connectivity index (χ1) is 5.11. The Kier molecular flexibility index (Phi) is 2.28. The van der Waals surface area contributed by atoms with E-state index < -0.39 is 0 Å². The van der Waals surface area contributed by atoms with Crippen molar-refractivity contribution in [3.63, 3.8) is 0 Å². The molecule has 0 saturated heterocycles. The second kappa shape index (κ2) is 3.04. The molecule has 60 valence electrons. The summed E-state index contributed by atoms with van der Waals surface area (Å²) in [6, 6.07) is 0. The van der Waals surface area contributed by atoms with E-state index in [4.69, 9.17) is 4.52 Å². The minimum atomic E-state index is -0.168. The average Bonchev–Trinajstić information content (AvgIpc) is 2.18. The van der Waals surface area contributed by atoms with Crippen LogP contribution in [0.5, 0.6) is 0 Å². The number of amides is 1. The molecule has 0 radical (unpaired) electrons. The summed E-state index contributed by atoms with van der Waals surface area (Å²) in [6.45, 7) is 3.17. The highest BCUT2D eigenvalue weighted by molar-refractivity contribution is 9.10. The maximum atomic E-state index is 10.6. The number of hydrogen-bond donors (Lipinski definition) is 1. The van der Waals surface area contributed by atoms with E-state index in [1.807, 2.05) is 0 Å². The third-order valence-corrected chi connectivity index (χ3v) is 2.02. The highest BCUT2D eigenvalue weighted by Gasteiger charge is 2.09. The molecule has 0 atom stereocenters. The molecule has 0 aliphatic carbocycles. The summed E-state index contributed by atoms with van der Waals surface area (Å²) < 4.78 is 5.47. The van der Waals surface area contributed by atoms with Gasteiger partial charge in [-0.05, 0) is 22.9 Å². The molecule has 5 heteroatoms. The number of anilines is 1. The van der Waals surface area contributed by atoms with Gasteiger partial charge < -0.3 is 9.84 Å². The molecule has 1 aromatic rings. The maximum Gasteiger partial charge on any atom is 0.222 e. The van der Waals surface area contributed by atoms with Gasteiger partial charge in [0.05, 0.1) is 0 Å². The number of carbonyl (C=O) groups is 1. The summed E-state index contributed by atoms with van der Waals surface area (Å²) in [6.07, 6.45) is 0. The van der Waals surface area contributed by atoms with Crippen molar-refractivity contribution < 1.29 is 9.32 Å². The van der Waals surface area contributed by atoms with E-state index in [-0.39, 0.29) is 5.91 Å². The number of nitrogens with one attached hydrogen (secondary N) is 1. The van der Waals surface area contributed by atoms with Gasteiger partial charge in [-0.1, -0.05) is 5.16 Å². The Morgan fingerprint density at radius 1 is 1.73 bits per heavy atom. The molecule has 1 amide bonds. The Balaban J connectivity index is 2.87. The van der Waals surface area contributed by atoms with Crippen LogP contribution in [0.25, 0.3) is 0 Å². The first kappa shape index (κ1) is 8.26. The zero-order valence-corrected chi connectivity index (χ0v) is 7.73. The highest BCUT2D eigenvalue weighted by Crippen LogP contribution is 2.24. The van der Waals surface area contributed by atoms with Crippen LogP contribution >= 0.6 is 15.9 Å². The Morgan fingerprint density at radius 3 is 2.73 bits per heavy atom. The number of nitrogens with zero attached hydrogens (tertiary/aromatic N) is 1. The number of aryl methyl sites for hydroxylation is 1. The molecular formula is C6H7BrN2O2. The van der Waals surface area contributed by atoms with Gasteiger partial charge in [0.15, 0.2) is 5.82 Å². The van der Waals surface area contributed by atoms with E-state index in [0.29, 0.717) is 16.1 Å². The van der Waals surface area contributed by atoms with Crippen LogP contribution < -0.4 is 5.32 Å². The van der Waals surface area contributed by atoms with Crippen molar-refractivity contribution in [2.24, 2.45) is 0 Å². The molecule has 0 aliphatic rings. The van der Waals surface area contributed by atoms with Gasteiger partial charge in [0.25, 0.3) is 0 Å². The van der Waals surface area contributed by atoms with Crippen molar-refractivity contribution in [3.8, 4) is 0 Å². The molecule has 4 nitrogen and oxygen atoms in total. The van der Waals surface area contributed by atoms with E-state index in [9.17, 15) is 4.79 Å². The lowest BCUT2D eigenvalue weighted by molar-refractivity contribution is -0.114. The summed E-state index contributed by atoms with van der Waals surface area (Å²) in [5.74, 6) is 0.905. The van der Waals surface area contributed by atoms with Gasteiger partial charge in [-0.15, -0.1) is 0 Å². The van der Waals surface area contributed by atoms with Gasteiger partial charge in [0, 0.05) is 6.92 Å². The van der Waals surface area contributed by atoms with E-state index >= 15 is 0 Å². The predicted octanol–water partition coefficient (Wildman–Crippen LogP) is 1.70. The van der Waals surface area contributed by atoms with Gasteiger partial charge >= 0.3 is 0 Å². The van der Waals surface area contributed by atoms with E-state index in [1.165, 1.54) is 6.92 Å². The number of aromatic nitrogens is 1. The second-order valence-electron chi connectivity index (χ2n) is 2.08. The topological polar surface area (TPSA) is 55.1 Å². The summed E-state index contributed by atoms with van der Waals surface area (Å²) in [7, 11) is 0. The molecule has 1 heterocycles. The van der Waals surface area contributed by atoms with Crippen LogP contribution in [0.15, 0.2) is 9.00 Å². The fourth-order valence-corrected chi connectivity index (χ4v) is 0.849. The van der Waals surface area contributed by atoms with E-state index in [2.05, 4.69) is 26.4 Å². The molecule has 0 bridgehead atoms. The summed E-state index contributed by atoms with van der Waals surface area (Å²) in [5, 5.41) is 6.10. The van der Waals surface area contributed by atoms with Crippen LogP contribution in [-0.2, 0) is 4.79 Å². The molecule has 0 unspecified atom stereocenters. The lowest BCUT2D eigenvalue weighted by atomic mass is 10.5. The third-order valence-electron chi connectivity index (χ3n) is 1.09. The maximum absolute atomic E-state index is 10.6. The monoisotopic (exact) mass is 218 g/mol. The molecular weight excluding hydrogens is 212 g/mol. The molecule has 1 N–H and O–H groups in total. The summed E-state index contributed by atoms with van der Waals surface area (Å²) in [5.41, 5.74) is 0. The standard InChI is InChI=1S/C6H7BrN2O2/c1-3-5(7)6(9-11-3)8-4(2)10/h1-2H3,(H,8,9,10). The Labute approximate surface area is 72.1 Å². The fraction of sp³-hybridized carbons (Fsp3) is 0.333. The number of carbonyl (C=O) groups excluding carboxylic acids is 1. The van der Waals surface area contributed by atoms with Crippen molar-refractivity contribution in [2.75, 3.05) is 5.32 Å². The molecule has 0 spiro atoms. The Morgan fingerprint density at radius 2 is 2.36 bits per heavy atom. The smallest absolute Gasteiger partial charge is 0.222 e. The number of rotatable bonds is 1. The lowest BCUT2D eigenvalue weighted by Crippen LogP contribution is -2.06. The van der Waals surface area contributed by atoms with Gasteiger partial charge in [-0.2, -0.15) is 0 Å². The molecule has 0 aromatic carbocycles. The third kappa shape index (κ3) is 1.80. The van der Waals surface area contributed by atoms with Crippen LogP contribution in [-0.4, -0.2) is 11.1 Å².